The molecule has 3 fully saturated rings. The van der Waals surface area contributed by atoms with Gasteiger partial charge in [-0.15, -0.1) is 0 Å². The number of carbonyl (C=O) groups excluding carboxylic acids is 1. The number of furan rings is 1. The van der Waals surface area contributed by atoms with Crippen LogP contribution < -0.4 is 0 Å². The first kappa shape index (κ1) is 17.6. The first-order valence-corrected chi connectivity index (χ1v) is 9.28. The van der Waals surface area contributed by atoms with Gasteiger partial charge in [0.15, 0.2) is 0 Å². The fraction of sp³-hybridized carbons (Fsp3) is 0.571. The number of aryl methyl sites for hydroxylation is 2. The Labute approximate surface area is 154 Å². The number of hydrogen-bond acceptors (Lipinski definition) is 5. The molecule has 5 nitrogen and oxygen atoms in total. The normalized spacial score (nSPS) is 24.0. The van der Waals surface area contributed by atoms with Gasteiger partial charge in [-0.3, -0.25) is 0 Å². The largest absolute Gasteiger partial charge is 0.466 e. The van der Waals surface area contributed by atoms with Crippen LogP contribution in [0, 0.1) is 25.7 Å². The molecule has 0 atom stereocenters. The highest BCUT2D eigenvalue weighted by atomic mass is 16.9. The van der Waals surface area contributed by atoms with Crippen molar-refractivity contribution in [3.8, 4) is 0 Å². The topological polar surface area (TPSA) is 57.9 Å². The van der Waals surface area contributed by atoms with Crippen LogP contribution in [0.2, 0.25) is 0 Å². The second-order valence-corrected chi connectivity index (χ2v) is 7.56. The molecule has 0 aromatic carbocycles. The van der Waals surface area contributed by atoms with E-state index in [0.29, 0.717) is 17.4 Å². The molecule has 0 N–H and O–H groups in total. The molecular formula is C21H26O5. The highest BCUT2D eigenvalue weighted by Crippen LogP contribution is 2.56. The molecule has 1 saturated heterocycles. The molecule has 4 rings (SSSR count). The average Bonchev–Trinajstić information content (AvgIpc) is 3.52. The van der Waals surface area contributed by atoms with E-state index in [1.54, 1.807) is 0 Å². The van der Waals surface area contributed by atoms with E-state index < -0.39 is 11.9 Å². The summed E-state index contributed by atoms with van der Waals surface area (Å²) in [7, 11) is 3.05. The minimum absolute atomic E-state index is 0.391. The zero-order chi connectivity index (χ0) is 18.6. The number of esters is 1. The minimum atomic E-state index is -1.44. The predicted octanol–water partition coefficient (Wildman–Crippen LogP) is 4.29. The Morgan fingerprint density at radius 1 is 1.12 bits per heavy atom. The van der Waals surface area contributed by atoms with Crippen molar-refractivity contribution in [2.75, 3.05) is 14.2 Å². The molecule has 1 aromatic rings. The van der Waals surface area contributed by atoms with E-state index in [2.05, 4.69) is 0 Å². The van der Waals surface area contributed by atoms with Crippen LogP contribution >= 0.6 is 0 Å². The Morgan fingerprint density at radius 3 is 2.12 bits per heavy atom. The zero-order valence-electron chi connectivity index (χ0n) is 16.1. The summed E-state index contributed by atoms with van der Waals surface area (Å²) >= 11 is 0. The van der Waals surface area contributed by atoms with E-state index in [1.165, 1.54) is 19.8 Å². The summed E-state index contributed by atoms with van der Waals surface area (Å²) in [6.07, 6.45) is 4.62. The van der Waals surface area contributed by atoms with Gasteiger partial charge in [-0.25, -0.2) is 4.79 Å². The van der Waals surface area contributed by atoms with Gasteiger partial charge in [-0.1, -0.05) is 5.57 Å². The van der Waals surface area contributed by atoms with Crippen molar-refractivity contribution in [1.29, 1.82) is 0 Å². The lowest BCUT2D eigenvalue weighted by atomic mass is 9.89. The molecule has 0 bridgehead atoms. The van der Waals surface area contributed by atoms with Crippen LogP contribution in [0.1, 0.15) is 49.7 Å². The van der Waals surface area contributed by atoms with Gasteiger partial charge < -0.3 is 18.6 Å². The molecule has 2 heterocycles. The van der Waals surface area contributed by atoms with Crippen molar-refractivity contribution < 1.29 is 23.4 Å². The molecule has 1 aromatic heterocycles. The van der Waals surface area contributed by atoms with E-state index in [9.17, 15) is 4.79 Å². The Hall–Kier alpha value is -1.85. The third-order valence-electron chi connectivity index (χ3n) is 5.67. The van der Waals surface area contributed by atoms with Crippen molar-refractivity contribution >= 4 is 11.5 Å². The predicted molar refractivity (Wildman–Crippen MR) is 96.1 cm³/mol. The van der Waals surface area contributed by atoms with Crippen LogP contribution in [0.15, 0.2) is 27.2 Å². The molecule has 5 heteroatoms. The molecule has 140 valence electrons. The third kappa shape index (κ3) is 2.65. The lowest BCUT2D eigenvalue weighted by Gasteiger charge is -2.27. The van der Waals surface area contributed by atoms with Crippen LogP contribution in [0.3, 0.4) is 0 Å². The summed E-state index contributed by atoms with van der Waals surface area (Å²) in [5.74, 6) is 0.799. The molecule has 0 radical (unpaired) electrons. The second-order valence-electron chi connectivity index (χ2n) is 7.56. The summed E-state index contributed by atoms with van der Waals surface area (Å²) in [6.45, 7) is 5.78. The number of allylic oxidation sites excluding steroid dienone is 2. The van der Waals surface area contributed by atoms with Gasteiger partial charge in [-0.2, -0.15) is 0 Å². The van der Waals surface area contributed by atoms with Gasteiger partial charge in [0.25, 0.3) is 0 Å². The molecular weight excluding hydrogens is 332 g/mol. The minimum Gasteiger partial charge on any atom is -0.466 e. The highest BCUT2D eigenvalue weighted by Gasteiger charge is 2.56. The number of rotatable bonds is 5. The van der Waals surface area contributed by atoms with Crippen LogP contribution in [0.5, 0.6) is 0 Å². The molecule has 26 heavy (non-hydrogen) atoms. The lowest BCUT2D eigenvalue weighted by Crippen LogP contribution is -2.36. The Balaban J connectivity index is 1.97. The number of methoxy groups -OCH3 is 2. The van der Waals surface area contributed by atoms with Gasteiger partial charge in [-0.05, 0) is 69.9 Å². The summed E-state index contributed by atoms with van der Waals surface area (Å²) in [6, 6.07) is 1.97. The Morgan fingerprint density at radius 2 is 1.69 bits per heavy atom. The Kier molecular flexibility index (Phi) is 4.12. The number of carbonyl (C=O) groups is 1. The maximum absolute atomic E-state index is 12.9. The summed E-state index contributed by atoms with van der Waals surface area (Å²) < 4.78 is 22.6. The van der Waals surface area contributed by atoms with E-state index in [4.69, 9.17) is 18.6 Å². The van der Waals surface area contributed by atoms with Gasteiger partial charge in [0, 0.05) is 19.8 Å². The fourth-order valence-corrected chi connectivity index (χ4v) is 4.18. The van der Waals surface area contributed by atoms with Crippen LogP contribution in [0.25, 0.3) is 5.57 Å². The first-order chi connectivity index (χ1) is 12.4. The van der Waals surface area contributed by atoms with E-state index in [0.717, 1.165) is 53.9 Å². The van der Waals surface area contributed by atoms with Crippen LogP contribution in [-0.4, -0.2) is 26.2 Å². The number of ether oxygens (including phenoxy) is 3. The lowest BCUT2D eigenvalue weighted by molar-refractivity contribution is -0.307. The van der Waals surface area contributed by atoms with Gasteiger partial charge in [0.1, 0.15) is 11.5 Å². The molecule has 0 unspecified atom stereocenters. The molecule has 1 aliphatic heterocycles. The van der Waals surface area contributed by atoms with Crippen molar-refractivity contribution in [2.45, 2.75) is 52.4 Å². The molecule has 0 spiro atoms. The standard InChI is InChI=1S/C21H26O5/c1-11-10-16(13(3)25-11)12(2)17-19(18(14-6-7-14)15-8-9-15)21(23-4,24-5)26-20(17)22/h10,14-15H,6-9H2,1-5H3/b17-12-. The van der Waals surface area contributed by atoms with Gasteiger partial charge in [0.05, 0.1) is 11.1 Å². The first-order valence-electron chi connectivity index (χ1n) is 9.28. The summed E-state index contributed by atoms with van der Waals surface area (Å²) in [5, 5.41) is 0. The van der Waals surface area contributed by atoms with Crippen molar-refractivity contribution in [1.82, 2.24) is 0 Å². The van der Waals surface area contributed by atoms with Crippen molar-refractivity contribution in [3.05, 3.63) is 39.9 Å². The summed E-state index contributed by atoms with van der Waals surface area (Å²) in [5.41, 5.74) is 4.46. The quantitative estimate of drug-likeness (QED) is 0.446. The van der Waals surface area contributed by atoms with Crippen LogP contribution in [0.4, 0.5) is 0 Å². The van der Waals surface area contributed by atoms with Crippen LogP contribution in [-0.2, 0) is 19.0 Å². The zero-order valence-corrected chi connectivity index (χ0v) is 16.1. The maximum atomic E-state index is 12.9. The third-order valence-corrected chi connectivity index (χ3v) is 5.67. The molecule has 2 aliphatic carbocycles. The van der Waals surface area contributed by atoms with E-state index >= 15 is 0 Å². The van der Waals surface area contributed by atoms with Gasteiger partial charge in [0.2, 0.25) is 0 Å². The second kappa shape index (κ2) is 6.10. The average molecular weight is 358 g/mol. The Bertz CT molecular complexity index is 799. The monoisotopic (exact) mass is 358 g/mol. The maximum Gasteiger partial charge on any atom is 0.359 e. The molecule has 3 aliphatic rings. The highest BCUT2D eigenvalue weighted by molar-refractivity contribution is 6.05. The smallest absolute Gasteiger partial charge is 0.359 e. The van der Waals surface area contributed by atoms with Crippen molar-refractivity contribution in [3.63, 3.8) is 0 Å². The summed E-state index contributed by atoms with van der Waals surface area (Å²) in [4.78, 5) is 12.9. The van der Waals surface area contributed by atoms with Crippen molar-refractivity contribution in [2.24, 2.45) is 11.8 Å². The van der Waals surface area contributed by atoms with E-state index in [1.807, 2.05) is 26.8 Å². The fourth-order valence-electron chi connectivity index (χ4n) is 4.18. The SMILES string of the molecule is COC1(OC)OC(=O)/C(=C(/C)c2cc(C)oc2C)C1=C(C1CC1)C1CC1. The number of hydrogen-bond donors (Lipinski definition) is 0. The number of cyclic esters (lactones) is 1. The molecule has 0 amide bonds. The molecule has 2 saturated carbocycles. The van der Waals surface area contributed by atoms with Gasteiger partial charge >= 0.3 is 11.9 Å². The van der Waals surface area contributed by atoms with E-state index in [-0.39, 0.29) is 0 Å².